The van der Waals surface area contributed by atoms with Gasteiger partial charge < -0.3 is 15.4 Å². The van der Waals surface area contributed by atoms with Crippen molar-refractivity contribution >= 4 is 6.03 Å². The molecule has 0 aliphatic rings. The Morgan fingerprint density at radius 1 is 1.41 bits per heavy atom. The summed E-state index contributed by atoms with van der Waals surface area (Å²) in [7, 11) is 1.63. The van der Waals surface area contributed by atoms with Crippen LogP contribution < -0.4 is 15.4 Å². The predicted molar refractivity (Wildman–Crippen MR) is 66.9 cm³/mol. The van der Waals surface area contributed by atoms with Gasteiger partial charge in [-0.2, -0.15) is 0 Å². The van der Waals surface area contributed by atoms with Crippen molar-refractivity contribution in [1.82, 2.24) is 10.6 Å². The molecule has 1 rings (SSSR count). The number of amides is 2. The zero-order chi connectivity index (χ0) is 12.5. The molecular weight excluding hydrogens is 216 g/mol. The Morgan fingerprint density at radius 3 is 2.88 bits per heavy atom. The van der Waals surface area contributed by atoms with Crippen molar-refractivity contribution in [3.05, 3.63) is 29.8 Å². The van der Waals surface area contributed by atoms with E-state index in [1.165, 1.54) is 0 Å². The number of para-hydroxylation sites is 1. The molecule has 90 valence electrons. The topological polar surface area (TPSA) is 50.4 Å². The minimum Gasteiger partial charge on any atom is -0.496 e. The summed E-state index contributed by atoms with van der Waals surface area (Å²) >= 11 is 0. The van der Waals surface area contributed by atoms with Crippen molar-refractivity contribution in [3.8, 4) is 18.1 Å². The standard InChI is InChI=1S/C13H16N2O2/c1-3-9-14-13(16)15-10-8-11-6-4-5-7-12(11)17-2/h1,4-7H,8-10H2,2H3,(H2,14,15,16). The summed E-state index contributed by atoms with van der Waals surface area (Å²) in [6, 6.07) is 7.47. The molecule has 1 aromatic rings. The minimum absolute atomic E-state index is 0.237. The number of hydrogen-bond acceptors (Lipinski definition) is 2. The number of hydrogen-bond donors (Lipinski definition) is 2. The number of rotatable bonds is 5. The third-order valence-corrected chi connectivity index (χ3v) is 2.22. The Bertz CT molecular complexity index is 410. The Balaban J connectivity index is 2.36. The fraction of sp³-hybridized carbons (Fsp3) is 0.308. The van der Waals surface area contributed by atoms with E-state index in [1.807, 2.05) is 24.3 Å². The molecule has 0 saturated carbocycles. The highest BCUT2D eigenvalue weighted by Crippen LogP contribution is 2.16. The van der Waals surface area contributed by atoms with Crippen LogP contribution in [0.4, 0.5) is 4.79 Å². The quantitative estimate of drug-likeness (QED) is 0.749. The number of nitrogens with one attached hydrogen (secondary N) is 2. The Morgan fingerprint density at radius 2 is 2.18 bits per heavy atom. The molecule has 0 fully saturated rings. The third-order valence-electron chi connectivity index (χ3n) is 2.22. The van der Waals surface area contributed by atoms with E-state index < -0.39 is 0 Å². The number of benzene rings is 1. The molecule has 2 amide bonds. The van der Waals surface area contributed by atoms with E-state index >= 15 is 0 Å². The maximum Gasteiger partial charge on any atom is 0.315 e. The van der Waals surface area contributed by atoms with Crippen LogP contribution in [0.3, 0.4) is 0 Å². The molecule has 0 bridgehead atoms. The van der Waals surface area contributed by atoms with Gasteiger partial charge in [0.15, 0.2) is 0 Å². The van der Waals surface area contributed by atoms with E-state index in [2.05, 4.69) is 16.6 Å². The SMILES string of the molecule is C#CCNC(=O)NCCc1ccccc1OC. The van der Waals surface area contributed by atoms with Crippen LogP contribution in [-0.4, -0.2) is 26.2 Å². The maximum absolute atomic E-state index is 11.2. The van der Waals surface area contributed by atoms with Gasteiger partial charge in [0.2, 0.25) is 0 Å². The second-order valence-electron chi connectivity index (χ2n) is 3.38. The van der Waals surface area contributed by atoms with Crippen molar-refractivity contribution in [3.63, 3.8) is 0 Å². The predicted octanol–water partition coefficient (Wildman–Crippen LogP) is 1.17. The molecule has 0 radical (unpaired) electrons. The number of carbonyl (C=O) groups is 1. The average Bonchev–Trinajstić information content (AvgIpc) is 2.37. The summed E-state index contributed by atoms with van der Waals surface area (Å²) in [4.78, 5) is 11.2. The summed E-state index contributed by atoms with van der Waals surface area (Å²) in [6.45, 7) is 0.775. The highest BCUT2D eigenvalue weighted by atomic mass is 16.5. The highest BCUT2D eigenvalue weighted by Gasteiger charge is 2.02. The molecule has 0 aliphatic heterocycles. The van der Waals surface area contributed by atoms with Crippen molar-refractivity contribution in [1.29, 1.82) is 0 Å². The first kappa shape index (κ1) is 12.9. The summed E-state index contributed by atoms with van der Waals surface area (Å²) < 4.78 is 5.21. The molecule has 0 aliphatic carbocycles. The summed E-state index contributed by atoms with van der Waals surface area (Å²) in [5, 5.41) is 5.25. The van der Waals surface area contributed by atoms with Gasteiger partial charge in [0.1, 0.15) is 5.75 Å². The lowest BCUT2D eigenvalue weighted by atomic mass is 10.1. The monoisotopic (exact) mass is 232 g/mol. The molecule has 2 N–H and O–H groups in total. The van der Waals surface area contributed by atoms with E-state index in [1.54, 1.807) is 7.11 Å². The average molecular weight is 232 g/mol. The van der Waals surface area contributed by atoms with Crippen molar-refractivity contribution in [2.75, 3.05) is 20.2 Å². The van der Waals surface area contributed by atoms with Gasteiger partial charge in [-0.05, 0) is 18.1 Å². The van der Waals surface area contributed by atoms with E-state index in [0.29, 0.717) is 13.0 Å². The lowest BCUT2D eigenvalue weighted by Gasteiger charge is -2.09. The van der Waals surface area contributed by atoms with E-state index in [-0.39, 0.29) is 12.6 Å². The molecule has 0 atom stereocenters. The smallest absolute Gasteiger partial charge is 0.315 e. The number of carbonyl (C=O) groups excluding carboxylic acids is 1. The maximum atomic E-state index is 11.2. The lowest BCUT2D eigenvalue weighted by molar-refractivity contribution is 0.242. The van der Waals surface area contributed by atoms with Crippen molar-refractivity contribution in [2.45, 2.75) is 6.42 Å². The summed E-state index contributed by atoms with van der Waals surface area (Å²) in [5.41, 5.74) is 1.06. The van der Waals surface area contributed by atoms with Crippen LogP contribution in [0.5, 0.6) is 5.75 Å². The molecular formula is C13H16N2O2. The molecule has 1 aromatic carbocycles. The number of urea groups is 1. The van der Waals surface area contributed by atoms with Gasteiger partial charge >= 0.3 is 6.03 Å². The van der Waals surface area contributed by atoms with Crippen LogP contribution in [-0.2, 0) is 6.42 Å². The highest BCUT2D eigenvalue weighted by molar-refractivity contribution is 5.74. The van der Waals surface area contributed by atoms with Crippen molar-refractivity contribution < 1.29 is 9.53 Å². The molecule has 0 saturated heterocycles. The molecule has 4 heteroatoms. The van der Waals surface area contributed by atoms with E-state index in [4.69, 9.17) is 11.2 Å². The van der Waals surface area contributed by atoms with Crippen LogP contribution in [0.1, 0.15) is 5.56 Å². The van der Waals surface area contributed by atoms with Crippen LogP contribution >= 0.6 is 0 Å². The van der Waals surface area contributed by atoms with E-state index in [9.17, 15) is 4.79 Å². The molecule has 0 unspecified atom stereocenters. The number of methoxy groups -OCH3 is 1. The second kappa shape index (κ2) is 7.18. The second-order valence-corrected chi connectivity index (χ2v) is 3.38. The van der Waals surface area contributed by atoms with Crippen LogP contribution in [0.25, 0.3) is 0 Å². The van der Waals surface area contributed by atoms with Gasteiger partial charge in [-0.1, -0.05) is 24.1 Å². The Labute approximate surface area is 101 Å². The first-order valence-corrected chi connectivity index (χ1v) is 5.35. The lowest BCUT2D eigenvalue weighted by Crippen LogP contribution is -2.36. The Hall–Kier alpha value is -2.15. The van der Waals surface area contributed by atoms with Gasteiger partial charge in [0.25, 0.3) is 0 Å². The van der Waals surface area contributed by atoms with Crippen LogP contribution in [0.2, 0.25) is 0 Å². The summed E-state index contributed by atoms with van der Waals surface area (Å²) in [6.07, 6.45) is 5.74. The van der Waals surface area contributed by atoms with Crippen LogP contribution in [0, 0.1) is 12.3 Å². The van der Waals surface area contributed by atoms with Gasteiger partial charge in [0, 0.05) is 6.54 Å². The normalized spacial score (nSPS) is 9.18. The van der Waals surface area contributed by atoms with Gasteiger partial charge in [-0.25, -0.2) is 4.79 Å². The summed E-state index contributed by atoms with van der Waals surface area (Å²) in [5.74, 6) is 3.16. The molecule has 17 heavy (non-hydrogen) atoms. The molecule has 0 spiro atoms. The zero-order valence-corrected chi connectivity index (χ0v) is 9.82. The molecule has 0 heterocycles. The minimum atomic E-state index is -0.252. The fourth-order valence-electron chi connectivity index (χ4n) is 1.41. The molecule has 0 aromatic heterocycles. The van der Waals surface area contributed by atoms with Gasteiger partial charge in [-0.15, -0.1) is 6.42 Å². The van der Waals surface area contributed by atoms with Gasteiger partial charge in [0.05, 0.1) is 13.7 Å². The zero-order valence-electron chi connectivity index (χ0n) is 9.82. The largest absolute Gasteiger partial charge is 0.496 e. The Kier molecular flexibility index (Phi) is 5.45. The van der Waals surface area contributed by atoms with Gasteiger partial charge in [-0.3, -0.25) is 0 Å². The first-order valence-electron chi connectivity index (χ1n) is 5.35. The van der Waals surface area contributed by atoms with E-state index in [0.717, 1.165) is 11.3 Å². The van der Waals surface area contributed by atoms with Crippen LogP contribution in [0.15, 0.2) is 24.3 Å². The fourth-order valence-corrected chi connectivity index (χ4v) is 1.41. The molecule has 4 nitrogen and oxygen atoms in total. The number of terminal acetylenes is 1. The third kappa shape index (κ3) is 4.47. The number of ether oxygens (including phenoxy) is 1. The van der Waals surface area contributed by atoms with Crippen molar-refractivity contribution in [2.24, 2.45) is 0 Å². The first-order chi connectivity index (χ1) is 8.27.